The lowest BCUT2D eigenvalue weighted by Gasteiger charge is -2.04. The first-order valence-electron chi connectivity index (χ1n) is 10.7. The number of anilines is 2. The number of rotatable bonds is 4. The van der Waals surface area contributed by atoms with E-state index >= 15 is 0 Å². The minimum Gasteiger partial charge on any atom is -0.391 e. The van der Waals surface area contributed by atoms with Crippen LogP contribution in [0.25, 0.3) is 32.8 Å². The molecule has 10 nitrogen and oxygen atoms in total. The molecule has 170 valence electrons. The van der Waals surface area contributed by atoms with Gasteiger partial charge < -0.3 is 14.7 Å². The maximum absolute atomic E-state index is 12.9. The molecule has 0 fully saturated rings. The van der Waals surface area contributed by atoms with Crippen molar-refractivity contribution >= 4 is 56.7 Å². The number of nitrogens with one attached hydrogen (secondary N) is 4. The number of pyridine rings is 1. The van der Waals surface area contributed by atoms with Crippen molar-refractivity contribution in [2.75, 3.05) is 10.6 Å². The Morgan fingerprint density at radius 1 is 0.771 bits per heavy atom. The van der Waals surface area contributed by atoms with Gasteiger partial charge in [-0.2, -0.15) is 0 Å². The fraction of sp³-hybridized carbons (Fsp3) is 0. The third kappa shape index (κ3) is 4.00. The van der Waals surface area contributed by atoms with Crippen LogP contribution in [-0.4, -0.2) is 36.9 Å². The van der Waals surface area contributed by atoms with Crippen LogP contribution in [0.4, 0.5) is 16.7 Å². The molecule has 3 aromatic carbocycles. The molecule has 10 heteroatoms. The summed E-state index contributed by atoms with van der Waals surface area (Å²) in [5.74, 6) is 0.224. The Hall–Kier alpha value is -5.25. The molecule has 6 rings (SSSR count). The Morgan fingerprint density at radius 3 is 2.40 bits per heavy atom. The van der Waals surface area contributed by atoms with E-state index in [0.29, 0.717) is 22.5 Å². The van der Waals surface area contributed by atoms with Crippen LogP contribution in [-0.2, 0) is 0 Å². The van der Waals surface area contributed by atoms with Gasteiger partial charge in [-0.3, -0.25) is 15.4 Å². The first-order chi connectivity index (χ1) is 17.1. The topological polar surface area (TPSA) is 138 Å². The SMILES string of the molecule is O=C(Nc1nc2c(C(=O)Nc3nc4ccccc4[nH]3)cccc2[nH]1)Oc1cc2ccccc2cn1. The van der Waals surface area contributed by atoms with E-state index in [-0.39, 0.29) is 11.8 Å². The number of aromatic amines is 2. The van der Waals surface area contributed by atoms with Crippen LogP contribution in [0.2, 0.25) is 0 Å². The molecule has 0 saturated carbocycles. The van der Waals surface area contributed by atoms with Crippen molar-refractivity contribution in [1.82, 2.24) is 24.9 Å². The standard InChI is InChI=1S/C25H17N7O3/c33-22(31-23-27-17-9-3-4-10-18(17)28-23)16-8-5-11-19-21(16)30-24(29-19)32-25(34)35-20-12-14-6-1-2-7-15(14)13-26-20/h1-13H,(H2,27,28,31,33)(H2,29,30,32,34). The number of benzene rings is 3. The molecular formula is C25H17N7O3. The zero-order valence-electron chi connectivity index (χ0n) is 18.1. The molecule has 0 saturated heterocycles. The van der Waals surface area contributed by atoms with E-state index in [0.717, 1.165) is 21.8 Å². The number of aromatic nitrogens is 5. The van der Waals surface area contributed by atoms with E-state index < -0.39 is 12.0 Å². The average Bonchev–Trinajstić information content (AvgIpc) is 3.46. The van der Waals surface area contributed by atoms with E-state index in [1.807, 2.05) is 48.5 Å². The van der Waals surface area contributed by atoms with Crippen LogP contribution >= 0.6 is 0 Å². The van der Waals surface area contributed by atoms with Crippen molar-refractivity contribution in [3.8, 4) is 5.88 Å². The number of carbonyl (C=O) groups is 2. The van der Waals surface area contributed by atoms with E-state index in [1.54, 1.807) is 30.5 Å². The zero-order chi connectivity index (χ0) is 23.8. The van der Waals surface area contributed by atoms with E-state index in [2.05, 4.69) is 35.6 Å². The van der Waals surface area contributed by atoms with Gasteiger partial charge in [0.25, 0.3) is 5.91 Å². The highest BCUT2D eigenvalue weighted by atomic mass is 16.6. The number of para-hydroxylation sites is 3. The second-order valence-electron chi connectivity index (χ2n) is 7.73. The molecule has 0 atom stereocenters. The molecule has 0 aliphatic carbocycles. The Morgan fingerprint density at radius 2 is 1.51 bits per heavy atom. The molecular weight excluding hydrogens is 446 g/mol. The Kier molecular flexibility index (Phi) is 4.81. The molecule has 0 unspecified atom stereocenters. The van der Waals surface area contributed by atoms with E-state index in [4.69, 9.17) is 4.74 Å². The van der Waals surface area contributed by atoms with Gasteiger partial charge in [-0.25, -0.2) is 19.7 Å². The third-order valence-electron chi connectivity index (χ3n) is 5.40. The van der Waals surface area contributed by atoms with Gasteiger partial charge >= 0.3 is 6.09 Å². The Bertz CT molecular complexity index is 1700. The van der Waals surface area contributed by atoms with Gasteiger partial charge in [0, 0.05) is 17.6 Å². The van der Waals surface area contributed by atoms with Crippen molar-refractivity contribution in [3.05, 3.63) is 84.6 Å². The van der Waals surface area contributed by atoms with Crippen LogP contribution in [0, 0.1) is 0 Å². The van der Waals surface area contributed by atoms with Crippen molar-refractivity contribution < 1.29 is 14.3 Å². The molecule has 0 aliphatic heterocycles. The molecule has 0 radical (unpaired) electrons. The Labute approximate surface area is 197 Å². The van der Waals surface area contributed by atoms with Gasteiger partial charge in [0.15, 0.2) is 0 Å². The predicted molar refractivity (Wildman–Crippen MR) is 132 cm³/mol. The molecule has 4 N–H and O–H groups in total. The van der Waals surface area contributed by atoms with Crippen LogP contribution in [0.5, 0.6) is 5.88 Å². The number of hydrogen-bond donors (Lipinski definition) is 4. The minimum absolute atomic E-state index is 0.134. The molecule has 0 bridgehead atoms. The first kappa shape index (κ1) is 20.4. The van der Waals surface area contributed by atoms with Gasteiger partial charge in [0.05, 0.1) is 22.1 Å². The molecule has 6 aromatic rings. The first-order valence-corrected chi connectivity index (χ1v) is 10.7. The summed E-state index contributed by atoms with van der Waals surface area (Å²) >= 11 is 0. The number of ether oxygens (including phenoxy) is 1. The van der Waals surface area contributed by atoms with Crippen LogP contribution in [0.1, 0.15) is 10.4 Å². The normalized spacial score (nSPS) is 11.1. The summed E-state index contributed by atoms with van der Waals surface area (Å²) in [7, 11) is 0. The molecule has 3 aromatic heterocycles. The fourth-order valence-electron chi connectivity index (χ4n) is 3.80. The summed E-state index contributed by atoms with van der Waals surface area (Å²) in [5.41, 5.74) is 2.83. The number of fused-ring (bicyclic) bond motifs is 3. The van der Waals surface area contributed by atoms with Gasteiger partial charge in [0.2, 0.25) is 17.8 Å². The zero-order valence-corrected chi connectivity index (χ0v) is 18.1. The Balaban J connectivity index is 1.20. The summed E-state index contributed by atoms with van der Waals surface area (Å²) in [6.07, 6.45) is 0.867. The van der Waals surface area contributed by atoms with E-state index in [1.165, 1.54) is 0 Å². The maximum Gasteiger partial charge on any atom is 0.420 e. The largest absolute Gasteiger partial charge is 0.420 e. The fourth-order valence-corrected chi connectivity index (χ4v) is 3.80. The smallest absolute Gasteiger partial charge is 0.391 e. The summed E-state index contributed by atoms with van der Waals surface area (Å²) in [4.78, 5) is 44.3. The summed E-state index contributed by atoms with van der Waals surface area (Å²) in [5, 5.41) is 7.13. The predicted octanol–water partition coefficient (Wildman–Crippen LogP) is 4.85. The van der Waals surface area contributed by atoms with Crippen LogP contribution < -0.4 is 15.4 Å². The lowest BCUT2D eigenvalue weighted by molar-refractivity contribution is 0.102. The quantitative estimate of drug-likeness (QED) is 0.295. The van der Waals surface area contributed by atoms with Crippen LogP contribution in [0.3, 0.4) is 0 Å². The monoisotopic (exact) mass is 463 g/mol. The average molecular weight is 463 g/mol. The number of nitrogens with zero attached hydrogens (tertiary/aromatic N) is 3. The van der Waals surface area contributed by atoms with Crippen molar-refractivity contribution in [1.29, 1.82) is 0 Å². The summed E-state index contributed by atoms with van der Waals surface area (Å²) in [6.45, 7) is 0. The van der Waals surface area contributed by atoms with Crippen molar-refractivity contribution in [3.63, 3.8) is 0 Å². The molecule has 0 aliphatic rings. The summed E-state index contributed by atoms with van der Waals surface area (Å²) < 4.78 is 5.30. The van der Waals surface area contributed by atoms with Crippen molar-refractivity contribution in [2.45, 2.75) is 0 Å². The molecule has 0 spiro atoms. The third-order valence-corrected chi connectivity index (χ3v) is 5.40. The number of H-pyrrole nitrogens is 2. The lowest BCUT2D eigenvalue weighted by atomic mass is 10.2. The minimum atomic E-state index is -0.764. The second kappa shape index (κ2) is 8.27. The maximum atomic E-state index is 12.9. The van der Waals surface area contributed by atoms with Gasteiger partial charge in [-0.1, -0.05) is 42.5 Å². The highest BCUT2D eigenvalue weighted by Gasteiger charge is 2.17. The van der Waals surface area contributed by atoms with Crippen molar-refractivity contribution in [2.24, 2.45) is 0 Å². The van der Waals surface area contributed by atoms with Gasteiger partial charge in [-0.05, 0) is 29.7 Å². The van der Waals surface area contributed by atoms with Crippen LogP contribution in [0.15, 0.2) is 79.0 Å². The number of hydrogen-bond acceptors (Lipinski definition) is 6. The molecule has 35 heavy (non-hydrogen) atoms. The van der Waals surface area contributed by atoms with Gasteiger partial charge in [0.1, 0.15) is 5.52 Å². The molecule has 3 heterocycles. The second-order valence-corrected chi connectivity index (χ2v) is 7.73. The summed E-state index contributed by atoms with van der Waals surface area (Å²) in [6, 6.07) is 21.9. The highest BCUT2D eigenvalue weighted by molar-refractivity contribution is 6.11. The number of imidazole rings is 2. The van der Waals surface area contributed by atoms with Gasteiger partial charge in [-0.15, -0.1) is 0 Å². The number of amides is 2. The molecule has 2 amide bonds. The van der Waals surface area contributed by atoms with E-state index in [9.17, 15) is 9.59 Å². The lowest BCUT2D eigenvalue weighted by Crippen LogP contribution is -2.18. The highest BCUT2D eigenvalue weighted by Crippen LogP contribution is 2.22. The number of carbonyl (C=O) groups excluding carboxylic acids is 2.